The van der Waals surface area contributed by atoms with Gasteiger partial charge in [0.25, 0.3) is 0 Å². The molecule has 1 heterocycles. The minimum atomic E-state index is 0.779. The van der Waals surface area contributed by atoms with Crippen LogP contribution in [0, 0.1) is 0 Å². The predicted molar refractivity (Wildman–Crippen MR) is 132 cm³/mol. The monoisotopic (exact) mass is 423 g/mol. The Labute approximate surface area is 190 Å². The van der Waals surface area contributed by atoms with Crippen LogP contribution in [0.2, 0.25) is 0 Å². The van der Waals surface area contributed by atoms with Gasteiger partial charge in [0.2, 0.25) is 0 Å². The van der Waals surface area contributed by atoms with Crippen LogP contribution in [-0.4, -0.2) is 32.2 Å². The van der Waals surface area contributed by atoms with Crippen LogP contribution < -0.4 is 9.47 Å². The van der Waals surface area contributed by atoms with Crippen molar-refractivity contribution in [3.05, 3.63) is 100 Å². The molecule has 0 bridgehead atoms. The first kappa shape index (κ1) is 20.6. The fourth-order valence-corrected chi connectivity index (χ4v) is 4.91. The number of benzene rings is 3. The lowest BCUT2D eigenvalue weighted by molar-refractivity contribution is 0.248. The van der Waals surface area contributed by atoms with Crippen molar-refractivity contribution in [1.29, 1.82) is 0 Å². The maximum atomic E-state index is 5.48. The van der Waals surface area contributed by atoms with Crippen molar-refractivity contribution in [1.82, 2.24) is 4.90 Å². The van der Waals surface area contributed by atoms with Gasteiger partial charge in [0, 0.05) is 19.6 Å². The van der Waals surface area contributed by atoms with Gasteiger partial charge in [-0.25, -0.2) is 0 Å². The molecule has 32 heavy (non-hydrogen) atoms. The van der Waals surface area contributed by atoms with E-state index in [1.54, 1.807) is 19.8 Å². The molecule has 1 saturated heterocycles. The molecule has 0 amide bonds. The average Bonchev–Trinajstić information content (AvgIpc) is 3.01. The Hall–Kier alpha value is -3.30. The molecule has 1 fully saturated rings. The highest BCUT2D eigenvalue weighted by Gasteiger charge is 2.22. The molecule has 0 spiro atoms. The Balaban J connectivity index is 1.41. The van der Waals surface area contributed by atoms with Crippen molar-refractivity contribution < 1.29 is 9.47 Å². The molecular weight excluding hydrogens is 394 g/mol. The maximum Gasteiger partial charge on any atom is 0.161 e. The van der Waals surface area contributed by atoms with Crippen LogP contribution in [0.15, 0.2) is 72.3 Å². The van der Waals surface area contributed by atoms with Gasteiger partial charge in [-0.3, -0.25) is 4.90 Å². The lowest BCUT2D eigenvalue weighted by atomic mass is 9.86. The SMILES string of the molecule is COc1ccc(CN2CCC(=C3c4ccccc4C=Cc4ccccc43)CC2)cc1OC. The first-order valence-electron chi connectivity index (χ1n) is 11.3. The number of hydrogen-bond acceptors (Lipinski definition) is 3. The van der Waals surface area contributed by atoms with E-state index in [2.05, 4.69) is 77.7 Å². The third-order valence-electron chi connectivity index (χ3n) is 6.57. The average molecular weight is 424 g/mol. The first-order valence-corrected chi connectivity index (χ1v) is 11.3. The molecule has 0 radical (unpaired) electrons. The highest BCUT2D eigenvalue weighted by molar-refractivity contribution is 5.94. The van der Waals surface area contributed by atoms with Crippen molar-refractivity contribution in [3.63, 3.8) is 0 Å². The lowest BCUT2D eigenvalue weighted by Gasteiger charge is -2.30. The van der Waals surface area contributed by atoms with Crippen LogP contribution in [-0.2, 0) is 6.54 Å². The van der Waals surface area contributed by atoms with Crippen LogP contribution in [0.3, 0.4) is 0 Å². The van der Waals surface area contributed by atoms with Crippen LogP contribution >= 0.6 is 0 Å². The van der Waals surface area contributed by atoms with Crippen molar-refractivity contribution in [2.24, 2.45) is 0 Å². The molecule has 0 unspecified atom stereocenters. The van der Waals surface area contributed by atoms with Gasteiger partial charge in [0.05, 0.1) is 14.2 Å². The molecule has 3 nitrogen and oxygen atoms in total. The molecule has 1 aliphatic heterocycles. The highest BCUT2D eigenvalue weighted by atomic mass is 16.5. The van der Waals surface area contributed by atoms with E-state index in [9.17, 15) is 0 Å². The summed E-state index contributed by atoms with van der Waals surface area (Å²) in [7, 11) is 3.37. The van der Waals surface area contributed by atoms with E-state index in [1.807, 2.05) is 6.07 Å². The Morgan fingerprint density at radius 3 is 1.91 bits per heavy atom. The second kappa shape index (κ2) is 9.05. The van der Waals surface area contributed by atoms with E-state index in [1.165, 1.54) is 33.4 Å². The Bertz CT molecular complexity index is 1130. The quantitative estimate of drug-likeness (QED) is 0.385. The standard InChI is InChI=1S/C29H29NO2/c1-31-27-14-11-21(19-28(27)32-2)20-30-17-15-24(16-18-30)29-25-9-5-3-7-22(25)12-13-23-8-4-6-10-26(23)29/h3-14,19H,15-18,20H2,1-2H3. The van der Waals surface area contributed by atoms with E-state index < -0.39 is 0 Å². The number of hydrogen-bond donors (Lipinski definition) is 0. The molecule has 0 saturated carbocycles. The molecule has 3 aromatic carbocycles. The molecule has 0 N–H and O–H groups in total. The highest BCUT2D eigenvalue weighted by Crippen LogP contribution is 2.39. The first-order chi connectivity index (χ1) is 15.8. The summed E-state index contributed by atoms with van der Waals surface area (Å²) >= 11 is 0. The van der Waals surface area contributed by atoms with E-state index in [4.69, 9.17) is 9.47 Å². The summed E-state index contributed by atoms with van der Waals surface area (Å²) in [5.74, 6) is 1.57. The summed E-state index contributed by atoms with van der Waals surface area (Å²) < 4.78 is 10.9. The molecule has 2 aliphatic rings. The molecular formula is C29H29NO2. The maximum absolute atomic E-state index is 5.48. The number of fused-ring (bicyclic) bond motifs is 2. The minimum Gasteiger partial charge on any atom is -0.493 e. The van der Waals surface area contributed by atoms with Gasteiger partial charge in [0.15, 0.2) is 11.5 Å². The molecule has 162 valence electrons. The van der Waals surface area contributed by atoms with Gasteiger partial charge in [-0.1, -0.05) is 72.3 Å². The van der Waals surface area contributed by atoms with E-state index >= 15 is 0 Å². The van der Waals surface area contributed by atoms with Crippen molar-refractivity contribution in [3.8, 4) is 11.5 Å². The number of piperidine rings is 1. The topological polar surface area (TPSA) is 21.7 Å². The molecule has 5 rings (SSSR count). The summed E-state index contributed by atoms with van der Waals surface area (Å²) in [6.45, 7) is 3.05. The fourth-order valence-electron chi connectivity index (χ4n) is 4.91. The Morgan fingerprint density at radius 1 is 0.719 bits per heavy atom. The molecule has 0 aromatic heterocycles. The van der Waals surface area contributed by atoms with Crippen molar-refractivity contribution >= 4 is 17.7 Å². The number of ether oxygens (including phenoxy) is 2. The molecule has 1 aliphatic carbocycles. The second-order valence-corrected chi connectivity index (χ2v) is 8.45. The summed E-state index contributed by atoms with van der Waals surface area (Å²) in [6, 6.07) is 23.8. The predicted octanol–water partition coefficient (Wildman–Crippen LogP) is 6.29. The van der Waals surface area contributed by atoms with Gasteiger partial charge in [-0.05, 0) is 58.4 Å². The van der Waals surface area contributed by atoms with Crippen LogP contribution in [0.4, 0.5) is 0 Å². The second-order valence-electron chi connectivity index (χ2n) is 8.45. The summed E-state index contributed by atoms with van der Waals surface area (Å²) in [4.78, 5) is 2.54. The van der Waals surface area contributed by atoms with E-state index in [-0.39, 0.29) is 0 Å². The Morgan fingerprint density at radius 2 is 1.31 bits per heavy atom. The van der Waals surface area contributed by atoms with Gasteiger partial charge >= 0.3 is 0 Å². The number of rotatable bonds is 4. The molecule has 3 aromatic rings. The van der Waals surface area contributed by atoms with Gasteiger partial charge in [-0.15, -0.1) is 0 Å². The minimum absolute atomic E-state index is 0.779. The zero-order chi connectivity index (χ0) is 21.9. The van der Waals surface area contributed by atoms with Crippen LogP contribution in [0.1, 0.15) is 40.7 Å². The summed E-state index contributed by atoms with van der Waals surface area (Å²) in [5, 5.41) is 0. The largest absolute Gasteiger partial charge is 0.493 e. The third-order valence-corrected chi connectivity index (χ3v) is 6.57. The number of likely N-dealkylation sites (tertiary alicyclic amines) is 1. The van der Waals surface area contributed by atoms with Gasteiger partial charge in [-0.2, -0.15) is 0 Å². The summed E-state index contributed by atoms with van der Waals surface area (Å²) in [6.07, 6.45) is 6.69. The molecule has 3 heteroatoms. The van der Waals surface area contributed by atoms with E-state index in [0.29, 0.717) is 0 Å². The number of methoxy groups -OCH3 is 2. The van der Waals surface area contributed by atoms with Crippen LogP contribution in [0.25, 0.3) is 17.7 Å². The summed E-state index contributed by atoms with van der Waals surface area (Å²) in [5.41, 5.74) is 9.59. The smallest absolute Gasteiger partial charge is 0.161 e. The third kappa shape index (κ3) is 3.96. The number of nitrogens with zero attached hydrogens (tertiary/aromatic N) is 1. The lowest BCUT2D eigenvalue weighted by Crippen LogP contribution is -2.30. The zero-order valence-corrected chi connectivity index (χ0v) is 18.8. The van der Waals surface area contributed by atoms with Crippen molar-refractivity contribution in [2.45, 2.75) is 19.4 Å². The van der Waals surface area contributed by atoms with Crippen molar-refractivity contribution in [2.75, 3.05) is 27.3 Å². The van der Waals surface area contributed by atoms with E-state index in [0.717, 1.165) is 44.0 Å². The molecule has 0 atom stereocenters. The fraction of sp³-hybridized carbons (Fsp3) is 0.241. The van der Waals surface area contributed by atoms with Gasteiger partial charge < -0.3 is 9.47 Å². The Kier molecular flexibility index (Phi) is 5.83. The normalized spacial score (nSPS) is 15.7. The van der Waals surface area contributed by atoms with Gasteiger partial charge in [0.1, 0.15) is 0 Å². The zero-order valence-electron chi connectivity index (χ0n) is 18.8. The van der Waals surface area contributed by atoms with Crippen LogP contribution in [0.5, 0.6) is 11.5 Å².